The number of ether oxygens (including phenoxy) is 2. The SMILES string of the molecule is C#CCOC(=O)N1CCCC1C(=O)N1CCCC1C(=O)OCCCC. The lowest BCUT2D eigenvalue weighted by Gasteiger charge is -2.30. The van der Waals surface area contributed by atoms with E-state index in [0.717, 1.165) is 25.7 Å². The van der Waals surface area contributed by atoms with Crippen LogP contribution in [-0.2, 0) is 19.1 Å². The summed E-state index contributed by atoms with van der Waals surface area (Å²) < 4.78 is 10.2. The van der Waals surface area contributed by atoms with Crippen LogP contribution in [0.5, 0.6) is 0 Å². The molecule has 0 saturated carbocycles. The minimum Gasteiger partial charge on any atom is -0.464 e. The van der Waals surface area contributed by atoms with E-state index >= 15 is 0 Å². The van der Waals surface area contributed by atoms with Gasteiger partial charge in [0.15, 0.2) is 6.61 Å². The molecule has 2 atom stereocenters. The first-order chi connectivity index (χ1) is 12.1. The van der Waals surface area contributed by atoms with E-state index in [2.05, 4.69) is 5.92 Å². The molecule has 0 aromatic heterocycles. The van der Waals surface area contributed by atoms with Crippen molar-refractivity contribution in [3.63, 3.8) is 0 Å². The van der Waals surface area contributed by atoms with E-state index in [1.165, 1.54) is 4.90 Å². The van der Waals surface area contributed by atoms with E-state index in [9.17, 15) is 14.4 Å². The maximum absolute atomic E-state index is 12.9. The van der Waals surface area contributed by atoms with Crippen molar-refractivity contribution in [1.82, 2.24) is 9.80 Å². The number of likely N-dealkylation sites (tertiary alicyclic amines) is 2. The molecule has 2 unspecified atom stereocenters. The van der Waals surface area contributed by atoms with Crippen LogP contribution >= 0.6 is 0 Å². The van der Waals surface area contributed by atoms with E-state index < -0.39 is 18.2 Å². The van der Waals surface area contributed by atoms with Crippen LogP contribution in [0.4, 0.5) is 4.79 Å². The fourth-order valence-electron chi connectivity index (χ4n) is 3.31. The predicted molar refractivity (Wildman–Crippen MR) is 90.5 cm³/mol. The first-order valence-corrected chi connectivity index (χ1v) is 8.94. The molecular formula is C18H26N2O5. The summed E-state index contributed by atoms with van der Waals surface area (Å²) in [5.74, 6) is 1.69. The Kier molecular flexibility index (Phi) is 7.11. The third-order valence-electron chi connectivity index (χ3n) is 4.60. The number of carbonyl (C=O) groups is 3. The summed E-state index contributed by atoms with van der Waals surface area (Å²) in [5, 5.41) is 0. The lowest BCUT2D eigenvalue weighted by atomic mass is 10.1. The number of hydrogen-bond donors (Lipinski definition) is 0. The summed E-state index contributed by atoms with van der Waals surface area (Å²) in [6.07, 6.45) is 8.93. The van der Waals surface area contributed by atoms with Gasteiger partial charge in [0.05, 0.1) is 6.61 Å². The molecule has 0 aromatic carbocycles. The smallest absolute Gasteiger partial charge is 0.411 e. The third-order valence-corrected chi connectivity index (χ3v) is 4.60. The molecule has 138 valence electrons. The molecular weight excluding hydrogens is 324 g/mol. The maximum Gasteiger partial charge on any atom is 0.411 e. The molecule has 0 aliphatic carbocycles. The molecule has 0 bridgehead atoms. The zero-order chi connectivity index (χ0) is 18.2. The van der Waals surface area contributed by atoms with Crippen molar-refractivity contribution in [2.24, 2.45) is 0 Å². The van der Waals surface area contributed by atoms with Crippen LogP contribution in [0.3, 0.4) is 0 Å². The minimum absolute atomic E-state index is 0.119. The molecule has 2 heterocycles. The minimum atomic E-state index is -0.589. The number of terminal acetylenes is 1. The zero-order valence-electron chi connectivity index (χ0n) is 14.7. The third kappa shape index (κ3) is 4.65. The molecule has 0 spiro atoms. The van der Waals surface area contributed by atoms with Crippen molar-refractivity contribution >= 4 is 18.0 Å². The van der Waals surface area contributed by atoms with E-state index in [0.29, 0.717) is 32.5 Å². The molecule has 2 fully saturated rings. The highest BCUT2D eigenvalue weighted by Crippen LogP contribution is 2.26. The quantitative estimate of drug-likeness (QED) is 0.413. The first-order valence-electron chi connectivity index (χ1n) is 8.94. The van der Waals surface area contributed by atoms with Gasteiger partial charge in [-0.2, -0.15) is 0 Å². The first kappa shape index (κ1) is 19.1. The summed E-state index contributed by atoms with van der Waals surface area (Å²) in [6.45, 7) is 3.25. The summed E-state index contributed by atoms with van der Waals surface area (Å²) in [5.41, 5.74) is 0. The molecule has 7 heteroatoms. The lowest BCUT2D eigenvalue weighted by Crippen LogP contribution is -2.51. The van der Waals surface area contributed by atoms with Gasteiger partial charge >= 0.3 is 12.1 Å². The highest BCUT2D eigenvalue weighted by molar-refractivity contribution is 5.90. The Bertz CT molecular complexity index is 542. The number of amides is 2. The van der Waals surface area contributed by atoms with Crippen LogP contribution in [0.25, 0.3) is 0 Å². The van der Waals surface area contributed by atoms with Crippen LogP contribution in [0.1, 0.15) is 45.4 Å². The monoisotopic (exact) mass is 350 g/mol. The van der Waals surface area contributed by atoms with E-state index in [1.54, 1.807) is 4.90 Å². The van der Waals surface area contributed by atoms with Crippen molar-refractivity contribution in [2.75, 3.05) is 26.3 Å². The van der Waals surface area contributed by atoms with E-state index in [1.807, 2.05) is 6.92 Å². The van der Waals surface area contributed by atoms with Gasteiger partial charge in [0, 0.05) is 13.1 Å². The van der Waals surface area contributed by atoms with Gasteiger partial charge in [-0.25, -0.2) is 9.59 Å². The number of carbonyl (C=O) groups excluding carboxylic acids is 3. The summed E-state index contributed by atoms with van der Waals surface area (Å²) in [7, 11) is 0. The highest BCUT2D eigenvalue weighted by Gasteiger charge is 2.43. The summed E-state index contributed by atoms with van der Waals surface area (Å²) >= 11 is 0. The topological polar surface area (TPSA) is 76.2 Å². The second-order valence-corrected chi connectivity index (χ2v) is 6.32. The number of hydrogen-bond acceptors (Lipinski definition) is 5. The summed E-state index contributed by atoms with van der Waals surface area (Å²) in [4.78, 5) is 40.2. The standard InChI is InChI=1S/C18H26N2O5/c1-3-5-13-24-17(22)15-9-7-10-19(15)16(21)14-8-6-11-20(14)18(23)25-12-4-2/h2,14-15H,3,5-13H2,1H3. The van der Waals surface area contributed by atoms with Gasteiger partial charge in [0.2, 0.25) is 5.91 Å². The molecule has 0 N–H and O–H groups in total. The van der Waals surface area contributed by atoms with E-state index in [-0.39, 0.29) is 18.5 Å². The van der Waals surface area contributed by atoms with Gasteiger partial charge in [0.25, 0.3) is 0 Å². The second kappa shape index (κ2) is 9.30. The Balaban J connectivity index is 1.98. The Morgan fingerprint density at radius 3 is 2.44 bits per heavy atom. The van der Waals surface area contributed by atoms with Gasteiger partial charge in [-0.3, -0.25) is 9.69 Å². The van der Waals surface area contributed by atoms with Crippen LogP contribution in [0.15, 0.2) is 0 Å². The second-order valence-electron chi connectivity index (χ2n) is 6.32. The fraction of sp³-hybridized carbons (Fsp3) is 0.722. The number of rotatable bonds is 6. The molecule has 2 aliphatic heterocycles. The van der Waals surface area contributed by atoms with Gasteiger partial charge in [-0.05, 0) is 32.1 Å². The molecule has 0 radical (unpaired) electrons. The fourth-order valence-corrected chi connectivity index (χ4v) is 3.31. The molecule has 2 aliphatic rings. The Hall–Kier alpha value is -2.23. The highest BCUT2D eigenvalue weighted by atomic mass is 16.6. The molecule has 2 rings (SSSR count). The van der Waals surface area contributed by atoms with Gasteiger partial charge in [-0.15, -0.1) is 6.42 Å². The number of esters is 1. The Morgan fingerprint density at radius 1 is 1.08 bits per heavy atom. The molecule has 2 amide bonds. The number of unbranched alkanes of at least 4 members (excludes halogenated alkanes) is 1. The van der Waals surface area contributed by atoms with Crippen molar-refractivity contribution < 1.29 is 23.9 Å². The van der Waals surface area contributed by atoms with Crippen LogP contribution < -0.4 is 0 Å². The average Bonchev–Trinajstić information content (AvgIpc) is 3.28. The van der Waals surface area contributed by atoms with Crippen LogP contribution in [0.2, 0.25) is 0 Å². The van der Waals surface area contributed by atoms with Crippen LogP contribution in [-0.4, -0.2) is 66.2 Å². The van der Waals surface area contributed by atoms with Gasteiger partial charge in [0.1, 0.15) is 12.1 Å². The van der Waals surface area contributed by atoms with Gasteiger partial charge < -0.3 is 14.4 Å². The zero-order valence-corrected chi connectivity index (χ0v) is 14.7. The normalized spacial score (nSPS) is 22.6. The Morgan fingerprint density at radius 2 is 1.76 bits per heavy atom. The van der Waals surface area contributed by atoms with Crippen molar-refractivity contribution in [3.8, 4) is 12.3 Å². The van der Waals surface area contributed by atoms with Crippen LogP contribution in [0, 0.1) is 12.3 Å². The lowest BCUT2D eigenvalue weighted by molar-refractivity contribution is -0.154. The van der Waals surface area contributed by atoms with E-state index in [4.69, 9.17) is 15.9 Å². The predicted octanol–water partition coefficient (Wildman–Crippen LogP) is 1.55. The van der Waals surface area contributed by atoms with Crippen molar-refractivity contribution in [3.05, 3.63) is 0 Å². The van der Waals surface area contributed by atoms with Gasteiger partial charge in [-0.1, -0.05) is 19.3 Å². The number of nitrogens with zero attached hydrogens (tertiary/aromatic N) is 2. The molecule has 25 heavy (non-hydrogen) atoms. The summed E-state index contributed by atoms with van der Waals surface area (Å²) in [6, 6.07) is -1.14. The average molecular weight is 350 g/mol. The largest absolute Gasteiger partial charge is 0.464 e. The molecule has 0 aromatic rings. The molecule has 2 saturated heterocycles. The molecule has 7 nitrogen and oxygen atoms in total. The Labute approximate surface area is 148 Å². The maximum atomic E-state index is 12.9. The van der Waals surface area contributed by atoms with Crippen molar-refractivity contribution in [1.29, 1.82) is 0 Å². The van der Waals surface area contributed by atoms with Crippen molar-refractivity contribution in [2.45, 2.75) is 57.5 Å².